The number of benzene rings is 1. The molecule has 0 amide bonds. The van der Waals surface area contributed by atoms with Crippen LogP contribution in [0, 0.1) is 5.82 Å². The molecular formula is C10H10ClFO4. The van der Waals surface area contributed by atoms with Crippen molar-refractivity contribution in [3.63, 3.8) is 0 Å². The summed E-state index contributed by atoms with van der Waals surface area (Å²) in [4.78, 5) is 10.3. The fraction of sp³-hybridized carbons (Fsp3) is 0.300. The molecule has 0 saturated heterocycles. The second-order valence-electron chi connectivity index (χ2n) is 3.28. The first kappa shape index (κ1) is 12.9. The Balaban J connectivity index is 2.83. The summed E-state index contributed by atoms with van der Waals surface area (Å²) in [6, 6.07) is 3.50. The van der Waals surface area contributed by atoms with Crippen LogP contribution in [0.3, 0.4) is 0 Å². The Morgan fingerprint density at radius 2 is 2.06 bits per heavy atom. The van der Waals surface area contributed by atoms with Crippen molar-refractivity contribution < 1.29 is 24.5 Å². The Kier molecular flexibility index (Phi) is 4.23. The Labute approximate surface area is 95.9 Å². The summed E-state index contributed by atoms with van der Waals surface area (Å²) in [5.74, 6) is -1.98. The van der Waals surface area contributed by atoms with Gasteiger partial charge in [0.05, 0.1) is 17.5 Å². The summed E-state index contributed by atoms with van der Waals surface area (Å²) < 4.78 is 13.0. The highest BCUT2D eigenvalue weighted by atomic mass is 35.5. The summed E-state index contributed by atoms with van der Waals surface area (Å²) in [5.41, 5.74) is 0.0793. The number of carboxylic acids is 1. The summed E-state index contributed by atoms with van der Waals surface area (Å²) >= 11 is 5.44. The highest BCUT2D eigenvalue weighted by Gasteiger charge is 2.21. The van der Waals surface area contributed by atoms with Crippen LogP contribution in [0.15, 0.2) is 18.2 Å². The molecule has 2 atom stereocenters. The molecule has 2 unspecified atom stereocenters. The van der Waals surface area contributed by atoms with Gasteiger partial charge in [0, 0.05) is 0 Å². The molecule has 0 radical (unpaired) electrons. The molecule has 0 aliphatic heterocycles. The Morgan fingerprint density at radius 1 is 1.44 bits per heavy atom. The number of carboxylic acid groups (broad SMARTS) is 1. The molecule has 0 fully saturated rings. The molecule has 16 heavy (non-hydrogen) atoms. The first-order valence-corrected chi connectivity index (χ1v) is 4.82. The Morgan fingerprint density at radius 3 is 2.56 bits per heavy atom. The molecule has 0 aliphatic rings. The molecule has 4 nitrogen and oxygen atoms in total. The van der Waals surface area contributed by atoms with Gasteiger partial charge < -0.3 is 15.3 Å². The van der Waals surface area contributed by atoms with E-state index in [1.807, 2.05) is 0 Å². The predicted molar refractivity (Wildman–Crippen MR) is 54.6 cm³/mol. The second kappa shape index (κ2) is 5.25. The zero-order valence-corrected chi connectivity index (χ0v) is 8.86. The van der Waals surface area contributed by atoms with Gasteiger partial charge in [-0.1, -0.05) is 17.7 Å². The maximum atomic E-state index is 13.0. The van der Waals surface area contributed by atoms with E-state index < -0.39 is 30.4 Å². The van der Waals surface area contributed by atoms with Crippen molar-refractivity contribution in [2.24, 2.45) is 0 Å². The predicted octanol–water partition coefficient (Wildman–Crippen LogP) is 1.35. The molecule has 0 saturated carbocycles. The molecule has 6 heteroatoms. The van der Waals surface area contributed by atoms with Crippen molar-refractivity contribution in [1.82, 2.24) is 0 Å². The number of rotatable bonds is 4. The van der Waals surface area contributed by atoms with E-state index in [4.69, 9.17) is 16.7 Å². The topological polar surface area (TPSA) is 77.8 Å². The van der Waals surface area contributed by atoms with Crippen molar-refractivity contribution in [2.75, 3.05) is 0 Å². The molecule has 0 heterocycles. The van der Waals surface area contributed by atoms with Crippen LogP contribution >= 0.6 is 11.6 Å². The molecule has 1 rings (SSSR count). The van der Waals surface area contributed by atoms with E-state index in [1.54, 1.807) is 0 Å². The van der Waals surface area contributed by atoms with Gasteiger partial charge in [-0.05, 0) is 17.7 Å². The third-order valence-electron chi connectivity index (χ3n) is 2.03. The van der Waals surface area contributed by atoms with E-state index in [2.05, 4.69) is 0 Å². The fourth-order valence-electron chi connectivity index (χ4n) is 1.21. The summed E-state index contributed by atoms with van der Waals surface area (Å²) in [6.45, 7) is 0. The fourth-order valence-corrected chi connectivity index (χ4v) is 1.33. The average molecular weight is 249 g/mol. The van der Waals surface area contributed by atoms with Crippen molar-refractivity contribution in [3.05, 3.63) is 34.6 Å². The molecule has 88 valence electrons. The van der Waals surface area contributed by atoms with Gasteiger partial charge in [-0.15, -0.1) is 0 Å². The van der Waals surface area contributed by atoms with Crippen LogP contribution in [0.25, 0.3) is 0 Å². The number of aliphatic hydroxyl groups is 2. The van der Waals surface area contributed by atoms with Crippen LogP contribution in [-0.4, -0.2) is 27.4 Å². The maximum Gasteiger partial charge on any atom is 0.306 e. The number of carbonyl (C=O) groups is 1. The third-order valence-corrected chi connectivity index (χ3v) is 2.34. The molecule has 1 aromatic carbocycles. The second-order valence-corrected chi connectivity index (χ2v) is 3.69. The molecule has 0 aromatic heterocycles. The van der Waals surface area contributed by atoms with E-state index in [-0.39, 0.29) is 10.6 Å². The van der Waals surface area contributed by atoms with Crippen LogP contribution in [0.5, 0.6) is 0 Å². The number of aliphatic carboxylic acids is 1. The lowest BCUT2D eigenvalue weighted by atomic mass is 10.0. The molecule has 1 aromatic rings. The zero-order chi connectivity index (χ0) is 12.3. The van der Waals surface area contributed by atoms with E-state index in [0.717, 1.165) is 6.07 Å². The summed E-state index contributed by atoms with van der Waals surface area (Å²) in [5, 5.41) is 27.2. The van der Waals surface area contributed by atoms with Gasteiger partial charge in [0.2, 0.25) is 0 Å². The van der Waals surface area contributed by atoms with Crippen molar-refractivity contribution in [1.29, 1.82) is 0 Å². The molecule has 3 N–H and O–H groups in total. The normalized spacial score (nSPS) is 14.5. The third kappa shape index (κ3) is 3.16. The van der Waals surface area contributed by atoms with Crippen molar-refractivity contribution >= 4 is 17.6 Å². The highest BCUT2D eigenvalue weighted by molar-refractivity contribution is 6.30. The lowest BCUT2D eigenvalue weighted by Gasteiger charge is -2.16. The van der Waals surface area contributed by atoms with Gasteiger partial charge in [0.25, 0.3) is 0 Å². The monoisotopic (exact) mass is 248 g/mol. The van der Waals surface area contributed by atoms with Gasteiger partial charge in [-0.25, -0.2) is 4.39 Å². The number of halogens is 2. The lowest BCUT2D eigenvalue weighted by molar-refractivity contribution is -0.141. The number of hydrogen-bond acceptors (Lipinski definition) is 3. The van der Waals surface area contributed by atoms with E-state index >= 15 is 0 Å². The van der Waals surface area contributed by atoms with Crippen molar-refractivity contribution in [3.8, 4) is 0 Å². The van der Waals surface area contributed by atoms with Crippen LogP contribution in [0.1, 0.15) is 18.1 Å². The Hall–Kier alpha value is -1.17. The molecule has 0 bridgehead atoms. The number of aliphatic hydroxyl groups excluding tert-OH is 2. The summed E-state index contributed by atoms with van der Waals surface area (Å²) in [6.07, 6.45) is -3.56. The first-order valence-electron chi connectivity index (χ1n) is 4.44. The van der Waals surface area contributed by atoms with Gasteiger partial charge in [0.15, 0.2) is 0 Å². The molecule has 0 aliphatic carbocycles. The van der Waals surface area contributed by atoms with Crippen LogP contribution < -0.4 is 0 Å². The van der Waals surface area contributed by atoms with Gasteiger partial charge >= 0.3 is 5.97 Å². The largest absolute Gasteiger partial charge is 0.481 e. The highest BCUT2D eigenvalue weighted by Crippen LogP contribution is 2.23. The van der Waals surface area contributed by atoms with Gasteiger partial charge in [-0.2, -0.15) is 0 Å². The van der Waals surface area contributed by atoms with Gasteiger partial charge in [0.1, 0.15) is 11.9 Å². The van der Waals surface area contributed by atoms with Crippen molar-refractivity contribution in [2.45, 2.75) is 18.6 Å². The number of hydrogen-bond donors (Lipinski definition) is 3. The minimum absolute atomic E-state index is 0.0793. The van der Waals surface area contributed by atoms with Crippen LogP contribution in [-0.2, 0) is 4.79 Å². The van der Waals surface area contributed by atoms with Crippen LogP contribution in [0.4, 0.5) is 4.39 Å². The summed E-state index contributed by atoms with van der Waals surface area (Å²) in [7, 11) is 0. The SMILES string of the molecule is O=C(O)CC(O)C(O)c1ccc(Cl)c(F)c1. The van der Waals surface area contributed by atoms with E-state index in [9.17, 15) is 19.4 Å². The first-order chi connectivity index (χ1) is 7.41. The average Bonchev–Trinajstić information content (AvgIpc) is 2.20. The maximum absolute atomic E-state index is 13.0. The van der Waals surface area contributed by atoms with Gasteiger partial charge in [-0.3, -0.25) is 4.79 Å². The quantitative estimate of drug-likeness (QED) is 0.752. The Bertz CT molecular complexity index is 396. The lowest BCUT2D eigenvalue weighted by Crippen LogP contribution is -2.21. The zero-order valence-electron chi connectivity index (χ0n) is 8.10. The van der Waals surface area contributed by atoms with E-state index in [0.29, 0.717) is 0 Å². The minimum Gasteiger partial charge on any atom is -0.481 e. The standard InChI is InChI=1S/C10H10ClFO4/c11-6-2-1-5(3-7(6)12)10(16)8(13)4-9(14)15/h1-3,8,10,13,16H,4H2,(H,14,15). The molecular weight excluding hydrogens is 239 g/mol. The van der Waals surface area contributed by atoms with Crippen LogP contribution in [0.2, 0.25) is 5.02 Å². The van der Waals surface area contributed by atoms with E-state index in [1.165, 1.54) is 12.1 Å². The molecule has 0 spiro atoms. The smallest absolute Gasteiger partial charge is 0.306 e. The minimum atomic E-state index is -1.49.